The average Bonchev–Trinajstić information content (AvgIpc) is 3.16. The molecule has 0 aliphatic carbocycles. The van der Waals surface area contributed by atoms with Crippen LogP contribution >= 0.6 is 0 Å². The highest BCUT2D eigenvalue weighted by Crippen LogP contribution is 2.31. The third-order valence-corrected chi connectivity index (χ3v) is 4.92. The molecule has 0 spiro atoms. The molecule has 2 aromatic rings. The first kappa shape index (κ1) is 18.6. The van der Waals surface area contributed by atoms with Crippen molar-refractivity contribution in [1.82, 2.24) is 20.0 Å². The number of benzene rings is 1. The molecule has 7 heteroatoms. The van der Waals surface area contributed by atoms with Gasteiger partial charge < -0.3 is 5.32 Å². The van der Waals surface area contributed by atoms with Gasteiger partial charge in [0.05, 0.1) is 24.8 Å². The van der Waals surface area contributed by atoms with Gasteiger partial charge in [0.25, 0.3) is 5.91 Å². The van der Waals surface area contributed by atoms with Crippen molar-refractivity contribution < 1.29 is 9.59 Å². The zero-order valence-corrected chi connectivity index (χ0v) is 16.0. The molecule has 3 amide bonds. The lowest BCUT2D eigenvalue weighted by molar-refractivity contribution is -0.131. The standard InChI is InChI=1S/C20H23N5O2/c1-19(2,3)15-5-7-16(8-6-15)20(4)17(26)25(18(27)23-20)10-9-24-13-14(11-21)12-22-24/h5-8,12-13H,9-10H2,1-4H3,(H,23,27)/t20-/m0/s1. The van der Waals surface area contributed by atoms with Crippen molar-refractivity contribution >= 4 is 11.9 Å². The van der Waals surface area contributed by atoms with Gasteiger partial charge in [-0.2, -0.15) is 10.4 Å². The number of hydrogen-bond acceptors (Lipinski definition) is 4. The van der Waals surface area contributed by atoms with Crippen LogP contribution in [0.5, 0.6) is 0 Å². The van der Waals surface area contributed by atoms with E-state index in [9.17, 15) is 9.59 Å². The van der Waals surface area contributed by atoms with Crippen molar-refractivity contribution in [3.05, 3.63) is 53.3 Å². The van der Waals surface area contributed by atoms with Crippen molar-refractivity contribution in [3.8, 4) is 6.07 Å². The van der Waals surface area contributed by atoms with E-state index >= 15 is 0 Å². The van der Waals surface area contributed by atoms with Crippen LogP contribution in [0.4, 0.5) is 4.79 Å². The van der Waals surface area contributed by atoms with E-state index in [4.69, 9.17) is 5.26 Å². The van der Waals surface area contributed by atoms with Crippen molar-refractivity contribution in [2.45, 2.75) is 45.2 Å². The lowest BCUT2D eigenvalue weighted by Gasteiger charge is -2.24. The highest BCUT2D eigenvalue weighted by molar-refractivity contribution is 6.07. The molecule has 2 heterocycles. The molecule has 1 N–H and O–H groups in total. The topological polar surface area (TPSA) is 91.0 Å². The number of aromatic nitrogens is 2. The van der Waals surface area contributed by atoms with Gasteiger partial charge in [-0.25, -0.2) is 4.79 Å². The Morgan fingerprint density at radius 2 is 1.85 bits per heavy atom. The monoisotopic (exact) mass is 365 g/mol. The number of hydrogen-bond donors (Lipinski definition) is 1. The predicted octanol–water partition coefficient (Wildman–Crippen LogP) is 2.52. The molecule has 1 aliphatic heterocycles. The fourth-order valence-electron chi connectivity index (χ4n) is 3.15. The molecule has 0 radical (unpaired) electrons. The normalized spacial score (nSPS) is 19.9. The van der Waals surface area contributed by atoms with Crippen LogP contribution < -0.4 is 5.32 Å². The Morgan fingerprint density at radius 1 is 1.19 bits per heavy atom. The summed E-state index contributed by atoms with van der Waals surface area (Å²) in [7, 11) is 0. The van der Waals surface area contributed by atoms with Crippen LogP contribution in [0.3, 0.4) is 0 Å². The zero-order valence-electron chi connectivity index (χ0n) is 16.0. The molecule has 3 rings (SSSR count). The summed E-state index contributed by atoms with van der Waals surface area (Å²) in [4.78, 5) is 26.6. The van der Waals surface area contributed by atoms with E-state index in [1.807, 2.05) is 30.3 Å². The van der Waals surface area contributed by atoms with Crippen molar-refractivity contribution in [2.24, 2.45) is 0 Å². The summed E-state index contributed by atoms with van der Waals surface area (Å²) in [6, 6.07) is 9.37. The molecular formula is C20H23N5O2. The minimum Gasteiger partial charge on any atom is -0.319 e. The summed E-state index contributed by atoms with van der Waals surface area (Å²) in [6.45, 7) is 8.62. The quantitative estimate of drug-likeness (QED) is 0.843. The second kappa shape index (κ2) is 6.54. The van der Waals surface area contributed by atoms with Crippen molar-refractivity contribution in [1.29, 1.82) is 5.26 Å². The van der Waals surface area contributed by atoms with Gasteiger partial charge in [-0.1, -0.05) is 45.0 Å². The van der Waals surface area contributed by atoms with Gasteiger partial charge in [-0.05, 0) is 23.5 Å². The molecule has 27 heavy (non-hydrogen) atoms. The molecule has 1 aromatic heterocycles. The molecule has 1 aromatic carbocycles. The number of rotatable bonds is 4. The Kier molecular flexibility index (Phi) is 4.52. The molecule has 1 saturated heterocycles. The number of imide groups is 1. The maximum atomic E-state index is 13.0. The zero-order chi connectivity index (χ0) is 19.8. The summed E-state index contributed by atoms with van der Waals surface area (Å²) in [5, 5.41) is 15.7. The van der Waals surface area contributed by atoms with E-state index < -0.39 is 11.6 Å². The van der Waals surface area contributed by atoms with E-state index in [0.29, 0.717) is 12.1 Å². The number of carbonyl (C=O) groups is 2. The summed E-state index contributed by atoms with van der Waals surface area (Å²) >= 11 is 0. The van der Waals surface area contributed by atoms with Gasteiger partial charge in [0.1, 0.15) is 11.6 Å². The maximum Gasteiger partial charge on any atom is 0.325 e. The molecule has 0 saturated carbocycles. The first-order valence-electron chi connectivity index (χ1n) is 8.83. The van der Waals surface area contributed by atoms with Crippen LogP contribution in [0.25, 0.3) is 0 Å². The van der Waals surface area contributed by atoms with Crippen LogP contribution in [0.15, 0.2) is 36.7 Å². The van der Waals surface area contributed by atoms with Gasteiger partial charge in [0.2, 0.25) is 0 Å². The molecule has 0 bridgehead atoms. The van der Waals surface area contributed by atoms with Crippen LogP contribution in [-0.4, -0.2) is 33.2 Å². The molecule has 1 fully saturated rings. The number of nitrogens with zero attached hydrogens (tertiary/aromatic N) is 4. The molecule has 7 nitrogen and oxygen atoms in total. The summed E-state index contributed by atoms with van der Waals surface area (Å²) in [5.74, 6) is -0.288. The smallest absolute Gasteiger partial charge is 0.319 e. The SMILES string of the molecule is CC(C)(C)c1ccc([C@]2(C)NC(=O)N(CCn3cc(C#N)cn3)C2=O)cc1. The van der Waals surface area contributed by atoms with E-state index in [-0.39, 0.29) is 17.9 Å². The highest BCUT2D eigenvalue weighted by atomic mass is 16.2. The number of amides is 3. The fraction of sp³-hybridized carbons (Fsp3) is 0.400. The summed E-state index contributed by atoms with van der Waals surface area (Å²) in [5.41, 5.74) is 1.28. The first-order valence-corrected chi connectivity index (χ1v) is 8.83. The molecule has 0 unspecified atom stereocenters. The van der Waals surface area contributed by atoms with E-state index in [1.54, 1.807) is 17.8 Å². The third kappa shape index (κ3) is 3.43. The average molecular weight is 365 g/mol. The second-order valence-corrected chi connectivity index (χ2v) is 7.94. The number of urea groups is 1. The molecule has 1 atom stereocenters. The minimum atomic E-state index is -1.09. The van der Waals surface area contributed by atoms with Crippen LogP contribution in [0, 0.1) is 11.3 Å². The fourth-order valence-corrected chi connectivity index (χ4v) is 3.15. The number of carbonyl (C=O) groups excluding carboxylic acids is 2. The maximum absolute atomic E-state index is 13.0. The van der Waals surface area contributed by atoms with Gasteiger partial charge in [0.15, 0.2) is 0 Å². The van der Waals surface area contributed by atoms with Crippen molar-refractivity contribution in [2.75, 3.05) is 6.54 Å². The van der Waals surface area contributed by atoms with Crippen LogP contribution in [0.1, 0.15) is 44.4 Å². The Hall–Kier alpha value is -3.14. The highest BCUT2D eigenvalue weighted by Gasteiger charge is 2.48. The minimum absolute atomic E-state index is 0.0143. The Morgan fingerprint density at radius 3 is 2.41 bits per heavy atom. The summed E-state index contributed by atoms with van der Waals surface area (Å²) < 4.78 is 1.55. The Balaban J connectivity index is 1.76. The first-order chi connectivity index (χ1) is 12.6. The molecule has 1 aliphatic rings. The molecular weight excluding hydrogens is 342 g/mol. The lowest BCUT2D eigenvalue weighted by Crippen LogP contribution is -2.41. The number of nitriles is 1. The Bertz CT molecular complexity index is 917. The van der Waals surface area contributed by atoms with Gasteiger partial charge in [-0.15, -0.1) is 0 Å². The van der Waals surface area contributed by atoms with Gasteiger partial charge in [-0.3, -0.25) is 14.4 Å². The molecule has 140 valence electrons. The lowest BCUT2D eigenvalue weighted by atomic mass is 9.84. The van der Waals surface area contributed by atoms with Crippen LogP contribution in [-0.2, 0) is 22.3 Å². The number of nitrogens with one attached hydrogen (secondary N) is 1. The van der Waals surface area contributed by atoms with Gasteiger partial charge >= 0.3 is 6.03 Å². The van der Waals surface area contributed by atoms with E-state index in [0.717, 1.165) is 11.1 Å². The predicted molar refractivity (Wildman–Crippen MR) is 99.7 cm³/mol. The Labute approximate surface area is 158 Å². The van der Waals surface area contributed by atoms with E-state index in [1.165, 1.54) is 11.1 Å². The third-order valence-electron chi connectivity index (χ3n) is 4.92. The van der Waals surface area contributed by atoms with E-state index in [2.05, 4.69) is 31.2 Å². The second-order valence-electron chi connectivity index (χ2n) is 7.94. The van der Waals surface area contributed by atoms with Gasteiger partial charge in [0, 0.05) is 6.20 Å². The van der Waals surface area contributed by atoms with Crippen LogP contribution in [0.2, 0.25) is 0 Å². The summed E-state index contributed by atoms with van der Waals surface area (Å²) in [6.07, 6.45) is 3.04. The van der Waals surface area contributed by atoms with Crippen molar-refractivity contribution in [3.63, 3.8) is 0 Å². The largest absolute Gasteiger partial charge is 0.325 e.